The number of benzene rings is 1. The number of thioether (sulfide) groups is 1. The summed E-state index contributed by atoms with van der Waals surface area (Å²) in [5.74, 6) is 0.905. The summed E-state index contributed by atoms with van der Waals surface area (Å²) in [6, 6.07) is 7.02. The quantitative estimate of drug-likeness (QED) is 0.866. The highest BCUT2D eigenvalue weighted by atomic mass is 32.2. The first-order valence-corrected chi connectivity index (χ1v) is 8.84. The van der Waals surface area contributed by atoms with E-state index in [9.17, 15) is 8.42 Å². The molecule has 0 unspecified atom stereocenters. The van der Waals surface area contributed by atoms with E-state index in [2.05, 4.69) is 13.8 Å². The number of hydrogen-bond acceptors (Lipinski definition) is 4. The second-order valence-electron chi connectivity index (χ2n) is 5.44. The lowest BCUT2D eigenvalue weighted by Crippen LogP contribution is -2.46. The van der Waals surface area contributed by atoms with E-state index < -0.39 is 10.0 Å². The predicted molar refractivity (Wildman–Crippen MR) is 81.6 cm³/mol. The third kappa shape index (κ3) is 3.87. The van der Waals surface area contributed by atoms with Crippen molar-refractivity contribution < 1.29 is 8.42 Å². The van der Waals surface area contributed by atoms with Crippen LogP contribution < -0.4 is 5.73 Å². The predicted octanol–water partition coefficient (Wildman–Crippen LogP) is 1.93. The maximum Gasteiger partial charge on any atom is 0.218 e. The van der Waals surface area contributed by atoms with Crippen molar-refractivity contribution in [3.8, 4) is 0 Å². The summed E-state index contributed by atoms with van der Waals surface area (Å²) in [5, 5.41) is 0. The molecule has 1 fully saturated rings. The fourth-order valence-electron chi connectivity index (χ4n) is 2.13. The number of nitrogens with two attached hydrogens (primary N) is 1. The number of nitrogens with zero attached hydrogens (tertiary/aromatic N) is 1. The second-order valence-corrected chi connectivity index (χ2v) is 9.21. The van der Waals surface area contributed by atoms with Crippen molar-refractivity contribution in [1.29, 1.82) is 0 Å². The van der Waals surface area contributed by atoms with E-state index in [-0.39, 0.29) is 10.5 Å². The highest BCUT2D eigenvalue weighted by molar-refractivity contribution is 8.00. The van der Waals surface area contributed by atoms with E-state index in [1.807, 2.05) is 11.8 Å². The Hall–Kier alpha value is -0.720. The van der Waals surface area contributed by atoms with Gasteiger partial charge >= 0.3 is 0 Å². The van der Waals surface area contributed by atoms with Gasteiger partial charge in [0.05, 0.1) is 5.75 Å². The van der Waals surface area contributed by atoms with Crippen LogP contribution in [0.3, 0.4) is 0 Å². The molecule has 1 aliphatic heterocycles. The molecule has 0 radical (unpaired) electrons. The molecule has 1 saturated heterocycles. The minimum Gasteiger partial charge on any atom is -0.399 e. The van der Waals surface area contributed by atoms with Gasteiger partial charge in [-0.05, 0) is 31.5 Å². The van der Waals surface area contributed by atoms with Crippen molar-refractivity contribution in [1.82, 2.24) is 4.31 Å². The monoisotopic (exact) mass is 300 g/mol. The van der Waals surface area contributed by atoms with Gasteiger partial charge in [0.2, 0.25) is 10.0 Å². The van der Waals surface area contributed by atoms with Crippen LogP contribution in [0.1, 0.15) is 19.4 Å². The Morgan fingerprint density at radius 1 is 1.32 bits per heavy atom. The van der Waals surface area contributed by atoms with Crippen molar-refractivity contribution in [2.75, 3.05) is 24.6 Å². The van der Waals surface area contributed by atoms with Crippen LogP contribution in [0, 0.1) is 0 Å². The minimum atomic E-state index is -3.24. The normalized spacial score (nSPS) is 20.3. The van der Waals surface area contributed by atoms with Crippen LogP contribution in [-0.4, -0.2) is 36.3 Å². The average Bonchev–Trinajstić information content (AvgIpc) is 2.31. The Bertz CT molecular complexity index is 538. The van der Waals surface area contributed by atoms with Crippen LogP contribution in [0.4, 0.5) is 5.69 Å². The molecule has 19 heavy (non-hydrogen) atoms. The zero-order valence-corrected chi connectivity index (χ0v) is 12.9. The lowest BCUT2D eigenvalue weighted by atomic mass is 10.2. The maximum absolute atomic E-state index is 12.4. The number of nitrogen functional groups attached to an aromatic ring is 1. The van der Waals surface area contributed by atoms with E-state index in [0.29, 0.717) is 18.8 Å². The molecule has 0 amide bonds. The summed E-state index contributed by atoms with van der Waals surface area (Å²) >= 11 is 1.83. The molecule has 0 aliphatic carbocycles. The number of hydrogen-bond donors (Lipinski definition) is 1. The standard InChI is InChI=1S/C13H20N2O2S2/c1-13(2)10-15(7-8-18-13)19(16,17)9-11-3-5-12(14)6-4-11/h3-6H,7-10,14H2,1-2H3. The van der Waals surface area contributed by atoms with Crippen LogP contribution in [0.5, 0.6) is 0 Å². The largest absolute Gasteiger partial charge is 0.399 e. The molecule has 1 aromatic rings. The van der Waals surface area contributed by atoms with Crippen molar-refractivity contribution >= 4 is 27.5 Å². The highest BCUT2D eigenvalue weighted by Gasteiger charge is 2.33. The molecular formula is C13H20N2O2S2. The Labute approximate surface area is 119 Å². The second kappa shape index (κ2) is 5.34. The van der Waals surface area contributed by atoms with Gasteiger partial charge in [0.1, 0.15) is 0 Å². The van der Waals surface area contributed by atoms with Gasteiger partial charge in [-0.25, -0.2) is 8.42 Å². The van der Waals surface area contributed by atoms with Gasteiger partial charge in [-0.1, -0.05) is 12.1 Å². The molecular weight excluding hydrogens is 280 g/mol. The molecule has 1 aliphatic rings. The van der Waals surface area contributed by atoms with E-state index >= 15 is 0 Å². The third-order valence-corrected chi connectivity index (χ3v) is 6.21. The van der Waals surface area contributed by atoms with Crippen LogP contribution in [-0.2, 0) is 15.8 Å². The van der Waals surface area contributed by atoms with E-state index in [1.54, 1.807) is 28.6 Å². The summed E-state index contributed by atoms with van der Waals surface area (Å²) in [7, 11) is -3.24. The minimum absolute atomic E-state index is 0.00750. The van der Waals surface area contributed by atoms with Crippen molar-refractivity contribution in [3.05, 3.63) is 29.8 Å². The first-order chi connectivity index (χ1) is 8.78. The molecule has 106 valence electrons. The lowest BCUT2D eigenvalue weighted by molar-refractivity contribution is 0.387. The van der Waals surface area contributed by atoms with Gasteiger partial charge in [0.15, 0.2) is 0 Å². The fourth-order valence-corrected chi connectivity index (χ4v) is 5.12. The molecule has 1 heterocycles. The van der Waals surface area contributed by atoms with Crippen LogP contribution in [0.2, 0.25) is 0 Å². The number of sulfonamides is 1. The Kier molecular flexibility index (Phi) is 4.13. The van der Waals surface area contributed by atoms with Gasteiger partial charge in [0, 0.05) is 29.3 Å². The average molecular weight is 300 g/mol. The first-order valence-electron chi connectivity index (χ1n) is 6.25. The van der Waals surface area contributed by atoms with Crippen LogP contribution in [0.15, 0.2) is 24.3 Å². The molecule has 0 bridgehead atoms. The van der Waals surface area contributed by atoms with Crippen LogP contribution >= 0.6 is 11.8 Å². The van der Waals surface area contributed by atoms with E-state index in [4.69, 9.17) is 5.73 Å². The zero-order valence-electron chi connectivity index (χ0n) is 11.3. The molecule has 1 aromatic carbocycles. The van der Waals surface area contributed by atoms with E-state index in [1.165, 1.54) is 0 Å². The van der Waals surface area contributed by atoms with Crippen LogP contribution in [0.25, 0.3) is 0 Å². The van der Waals surface area contributed by atoms with Gasteiger partial charge < -0.3 is 5.73 Å². The summed E-state index contributed by atoms with van der Waals surface area (Å²) in [5.41, 5.74) is 7.04. The molecule has 4 nitrogen and oxygen atoms in total. The molecule has 2 N–H and O–H groups in total. The Morgan fingerprint density at radius 2 is 1.95 bits per heavy atom. The van der Waals surface area contributed by atoms with Gasteiger partial charge in [-0.15, -0.1) is 0 Å². The lowest BCUT2D eigenvalue weighted by Gasteiger charge is -2.36. The summed E-state index contributed by atoms with van der Waals surface area (Å²) in [6.07, 6.45) is 0. The first kappa shape index (κ1) is 14.7. The van der Waals surface area contributed by atoms with Crippen molar-refractivity contribution in [3.63, 3.8) is 0 Å². The van der Waals surface area contributed by atoms with Gasteiger partial charge in [0.25, 0.3) is 0 Å². The summed E-state index contributed by atoms with van der Waals surface area (Å²) < 4.78 is 26.4. The molecule has 0 aromatic heterocycles. The van der Waals surface area contributed by atoms with Gasteiger partial charge in [-0.3, -0.25) is 0 Å². The SMILES string of the molecule is CC1(C)CN(S(=O)(=O)Cc2ccc(N)cc2)CCS1. The number of anilines is 1. The zero-order chi connectivity index (χ0) is 14.1. The molecule has 0 atom stereocenters. The number of rotatable bonds is 3. The highest BCUT2D eigenvalue weighted by Crippen LogP contribution is 2.31. The molecule has 0 spiro atoms. The fraction of sp³-hybridized carbons (Fsp3) is 0.538. The molecule has 6 heteroatoms. The topological polar surface area (TPSA) is 63.4 Å². The summed E-state index contributed by atoms with van der Waals surface area (Å²) in [4.78, 5) is 0. The summed E-state index contributed by atoms with van der Waals surface area (Å²) in [6.45, 7) is 5.35. The third-order valence-electron chi connectivity index (χ3n) is 3.11. The Morgan fingerprint density at radius 3 is 2.53 bits per heavy atom. The smallest absolute Gasteiger partial charge is 0.218 e. The van der Waals surface area contributed by atoms with E-state index in [0.717, 1.165) is 11.3 Å². The van der Waals surface area contributed by atoms with Gasteiger partial charge in [-0.2, -0.15) is 16.1 Å². The maximum atomic E-state index is 12.4. The Balaban J connectivity index is 2.12. The molecule has 2 rings (SSSR count). The van der Waals surface area contributed by atoms with Crippen molar-refractivity contribution in [2.24, 2.45) is 0 Å². The van der Waals surface area contributed by atoms with Crippen molar-refractivity contribution in [2.45, 2.75) is 24.3 Å². The molecule has 0 saturated carbocycles.